The summed E-state index contributed by atoms with van der Waals surface area (Å²) in [5.41, 5.74) is 8.75. The second-order valence-electron chi connectivity index (χ2n) is 3.51. The van der Waals surface area contributed by atoms with Crippen molar-refractivity contribution in [2.75, 3.05) is 25.3 Å². The Labute approximate surface area is 91.9 Å². The normalized spacial score (nSPS) is 11.2. The number of nitrogens with zero attached hydrogens (tertiary/aromatic N) is 3. The molecule has 3 N–H and O–H groups in total. The van der Waals surface area contributed by atoms with Crippen molar-refractivity contribution >= 4 is 33.3 Å². The summed E-state index contributed by atoms with van der Waals surface area (Å²) in [6, 6.07) is 2.06. The molecule has 6 heteroatoms. The van der Waals surface area contributed by atoms with Crippen LogP contribution in [-0.2, 0) is 0 Å². The molecule has 0 aromatic carbocycles. The fourth-order valence-electron chi connectivity index (χ4n) is 1.36. The maximum atomic E-state index is 5.64. The number of hydrogen-bond donors (Lipinski definition) is 2. The largest absolute Gasteiger partial charge is 0.368 e. The van der Waals surface area contributed by atoms with Gasteiger partial charge in [-0.25, -0.2) is 9.99 Å². The van der Waals surface area contributed by atoms with Crippen LogP contribution in [0.4, 0.5) is 11.8 Å². The zero-order valence-corrected chi connectivity index (χ0v) is 9.72. The number of hydrogen-bond acceptors (Lipinski definition) is 6. The minimum Gasteiger partial charge on any atom is -0.368 e. The molecule has 0 radical (unpaired) electrons. The van der Waals surface area contributed by atoms with Gasteiger partial charge >= 0.3 is 0 Å². The van der Waals surface area contributed by atoms with Gasteiger partial charge in [0.25, 0.3) is 0 Å². The van der Waals surface area contributed by atoms with Crippen molar-refractivity contribution in [1.29, 1.82) is 0 Å². The third kappa shape index (κ3) is 2.00. The molecule has 2 aromatic heterocycles. The minimum atomic E-state index is 0.300. The third-order valence-corrected chi connectivity index (χ3v) is 2.81. The molecular formula is C9H13N5S. The van der Waals surface area contributed by atoms with Crippen molar-refractivity contribution in [1.82, 2.24) is 15.0 Å². The molecule has 0 aliphatic rings. The summed E-state index contributed by atoms with van der Waals surface area (Å²) >= 11 is 1.62. The first-order valence-corrected chi connectivity index (χ1v) is 5.35. The van der Waals surface area contributed by atoms with E-state index >= 15 is 0 Å². The smallest absolute Gasteiger partial charge is 0.223 e. The van der Waals surface area contributed by atoms with Crippen molar-refractivity contribution in [3.63, 3.8) is 0 Å². The number of nitrogens with two attached hydrogens (primary N) is 1. The van der Waals surface area contributed by atoms with Crippen LogP contribution in [0.25, 0.3) is 10.2 Å². The van der Waals surface area contributed by atoms with E-state index in [0.29, 0.717) is 5.95 Å². The molecule has 0 aliphatic heterocycles. The predicted octanol–water partition coefficient (Wildman–Crippen LogP) is 1.47. The number of rotatable bonds is 2. The van der Waals surface area contributed by atoms with Gasteiger partial charge in [-0.2, -0.15) is 4.98 Å². The summed E-state index contributed by atoms with van der Waals surface area (Å²) in [4.78, 5) is 10.5. The van der Waals surface area contributed by atoms with Crippen molar-refractivity contribution in [2.24, 2.45) is 0 Å². The van der Waals surface area contributed by atoms with Gasteiger partial charge in [-0.1, -0.05) is 0 Å². The molecule has 0 bridgehead atoms. The van der Waals surface area contributed by atoms with Crippen LogP contribution in [0.3, 0.4) is 0 Å². The summed E-state index contributed by atoms with van der Waals surface area (Å²) in [5, 5.41) is 2.84. The van der Waals surface area contributed by atoms with E-state index in [0.717, 1.165) is 16.0 Å². The summed E-state index contributed by atoms with van der Waals surface area (Å²) in [6.45, 7) is 2.04. The minimum absolute atomic E-state index is 0.300. The number of nitrogens with one attached hydrogen (secondary N) is 1. The monoisotopic (exact) mass is 223 g/mol. The van der Waals surface area contributed by atoms with Crippen LogP contribution < -0.4 is 11.2 Å². The lowest BCUT2D eigenvalue weighted by atomic mass is 10.3. The lowest BCUT2D eigenvalue weighted by Gasteiger charge is -2.13. The lowest BCUT2D eigenvalue weighted by molar-refractivity contribution is 0.493. The Kier molecular flexibility index (Phi) is 2.45. The molecule has 2 aromatic rings. The zero-order valence-electron chi connectivity index (χ0n) is 8.90. The first kappa shape index (κ1) is 10.1. The van der Waals surface area contributed by atoms with Gasteiger partial charge in [0.05, 0.1) is 5.39 Å². The Morgan fingerprint density at radius 3 is 2.80 bits per heavy atom. The maximum Gasteiger partial charge on any atom is 0.223 e. The van der Waals surface area contributed by atoms with E-state index in [4.69, 9.17) is 5.73 Å². The summed E-state index contributed by atoms with van der Waals surface area (Å²) in [6.07, 6.45) is 0. The van der Waals surface area contributed by atoms with E-state index < -0.39 is 0 Å². The fraction of sp³-hybridized carbons (Fsp3) is 0.333. The molecular weight excluding hydrogens is 210 g/mol. The summed E-state index contributed by atoms with van der Waals surface area (Å²) in [7, 11) is 3.81. The quantitative estimate of drug-likeness (QED) is 0.755. The van der Waals surface area contributed by atoms with Crippen molar-refractivity contribution in [3.05, 3.63) is 10.9 Å². The summed E-state index contributed by atoms with van der Waals surface area (Å²) in [5.74, 6) is 1.06. The highest BCUT2D eigenvalue weighted by molar-refractivity contribution is 7.18. The number of hydrazine groups is 1. The molecule has 0 saturated heterocycles. The number of fused-ring (bicyclic) bond motifs is 1. The van der Waals surface area contributed by atoms with Crippen LogP contribution in [0.5, 0.6) is 0 Å². The van der Waals surface area contributed by atoms with E-state index in [1.54, 1.807) is 11.3 Å². The number of nitrogen functional groups attached to an aromatic ring is 1. The SMILES string of the molecule is Cc1cc2c(NN(C)C)nc(N)nc2s1. The second kappa shape index (κ2) is 3.63. The topological polar surface area (TPSA) is 67.1 Å². The molecule has 5 nitrogen and oxygen atoms in total. The molecule has 0 fully saturated rings. The molecule has 0 aliphatic carbocycles. The van der Waals surface area contributed by atoms with Gasteiger partial charge in [0.15, 0.2) is 5.82 Å². The van der Waals surface area contributed by atoms with E-state index in [1.807, 2.05) is 26.0 Å². The highest BCUT2D eigenvalue weighted by Crippen LogP contribution is 2.28. The lowest BCUT2D eigenvalue weighted by Crippen LogP contribution is -2.20. The van der Waals surface area contributed by atoms with Crippen molar-refractivity contribution < 1.29 is 0 Å². The van der Waals surface area contributed by atoms with Gasteiger partial charge in [-0.15, -0.1) is 11.3 Å². The average molecular weight is 223 g/mol. The highest BCUT2D eigenvalue weighted by Gasteiger charge is 2.09. The molecule has 0 atom stereocenters. The fourth-order valence-corrected chi connectivity index (χ4v) is 2.24. The molecule has 2 heterocycles. The number of thiophene rings is 1. The van der Waals surface area contributed by atoms with Crippen molar-refractivity contribution in [3.8, 4) is 0 Å². The van der Waals surface area contributed by atoms with Crippen LogP contribution >= 0.6 is 11.3 Å². The Hall–Kier alpha value is -1.40. The van der Waals surface area contributed by atoms with E-state index in [9.17, 15) is 0 Å². The van der Waals surface area contributed by atoms with Crippen molar-refractivity contribution in [2.45, 2.75) is 6.92 Å². The molecule has 2 rings (SSSR count). The number of aromatic nitrogens is 2. The highest BCUT2D eigenvalue weighted by atomic mass is 32.1. The Morgan fingerprint density at radius 2 is 2.13 bits per heavy atom. The van der Waals surface area contributed by atoms with Crippen LogP contribution in [-0.4, -0.2) is 29.1 Å². The van der Waals surface area contributed by atoms with E-state index in [2.05, 4.69) is 21.5 Å². The van der Waals surface area contributed by atoms with Gasteiger partial charge in [0, 0.05) is 19.0 Å². The first-order chi connectivity index (χ1) is 7.06. The van der Waals surface area contributed by atoms with Gasteiger partial charge in [-0.3, -0.25) is 0 Å². The standard InChI is InChI=1S/C9H13N5S/c1-5-4-6-7(13-14(2)3)11-9(10)12-8(6)15-5/h4H,1-3H3,(H3,10,11,12,13). The van der Waals surface area contributed by atoms with Gasteiger partial charge in [0.2, 0.25) is 5.95 Å². The molecule has 15 heavy (non-hydrogen) atoms. The molecule has 0 unspecified atom stereocenters. The Morgan fingerprint density at radius 1 is 1.40 bits per heavy atom. The van der Waals surface area contributed by atoms with Gasteiger partial charge in [-0.05, 0) is 13.0 Å². The zero-order chi connectivity index (χ0) is 11.0. The Balaban J connectivity index is 2.59. The number of anilines is 2. The third-order valence-electron chi connectivity index (χ3n) is 1.86. The van der Waals surface area contributed by atoms with Crippen LogP contribution in [0.2, 0.25) is 0 Å². The summed E-state index contributed by atoms with van der Waals surface area (Å²) < 4.78 is 0. The molecule has 0 amide bonds. The van der Waals surface area contributed by atoms with E-state index in [-0.39, 0.29) is 0 Å². The Bertz CT molecular complexity index is 490. The molecule has 0 saturated carbocycles. The van der Waals surface area contributed by atoms with Gasteiger partial charge < -0.3 is 11.2 Å². The average Bonchev–Trinajstić information content (AvgIpc) is 2.44. The maximum absolute atomic E-state index is 5.64. The van der Waals surface area contributed by atoms with E-state index in [1.165, 1.54) is 4.88 Å². The van der Waals surface area contributed by atoms with Crippen LogP contribution in [0, 0.1) is 6.92 Å². The predicted molar refractivity (Wildman–Crippen MR) is 63.9 cm³/mol. The van der Waals surface area contributed by atoms with Crippen LogP contribution in [0.15, 0.2) is 6.07 Å². The number of aryl methyl sites for hydroxylation is 1. The second-order valence-corrected chi connectivity index (χ2v) is 4.75. The van der Waals surface area contributed by atoms with Gasteiger partial charge in [0.1, 0.15) is 4.83 Å². The molecule has 80 valence electrons. The van der Waals surface area contributed by atoms with Crippen LogP contribution in [0.1, 0.15) is 4.88 Å². The molecule has 0 spiro atoms. The first-order valence-electron chi connectivity index (χ1n) is 4.54.